The Kier molecular flexibility index (Phi) is 5.36. The summed E-state index contributed by atoms with van der Waals surface area (Å²) in [6.07, 6.45) is 3.79. The molecule has 1 aliphatic rings. The summed E-state index contributed by atoms with van der Waals surface area (Å²) in [6, 6.07) is 9.78. The van der Waals surface area contributed by atoms with Gasteiger partial charge in [0.05, 0.1) is 6.26 Å². The third kappa shape index (κ3) is 5.47. The minimum absolute atomic E-state index is 0.0477. The average Bonchev–Trinajstić information content (AvgIpc) is 3.26. The van der Waals surface area contributed by atoms with Crippen LogP contribution in [0.15, 0.2) is 30.3 Å². The quantitative estimate of drug-likeness (QED) is 0.779. The van der Waals surface area contributed by atoms with E-state index >= 15 is 0 Å². The molecule has 2 rings (SSSR count). The lowest BCUT2D eigenvalue weighted by molar-refractivity contribution is -0.122. The summed E-state index contributed by atoms with van der Waals surface area (Å²) in [6.45, 7) is 1.13. The fraction of sp³-hybridized carbons (Fsp3) is 0.533. The highest BCUT2D eigenvalue weighted by Crippen LogP contribution is 2.28. The van der Waals surface area contributed by atoms with Gasteiger partial charge in [0, 0.05) is 25.6 Å². The first-order valence-corrected chi connectivity index (χ1v) is 9.08. The number of amides is 1. The Morgan fingerprint density at radius 2 is 1.90 bits per heavy atom. The largest absolute Gasteiger partial charge is 0.355 e. The number of carbonyl (C=O) groups is 1. The van der Waals surface area contributed by atoms with E-state index in [2.05, 4.69) is 5.32 Å². The summed E-state index contributed by atoms with van der Waals surface area (Å²) in [5, 5.41) is 2.80. The summed E-state index contributed by atoms with van der Waals surface area (Å²) < 4.78 is 25.0. The first kappa shape index (κ1) is 16.0. The van der Waals surface area contributed by atoms with Crippen LogP contribution >= 0.6 is 0 Å². The molecule has 1 saturated carbocycles. The molecule has 1 aliphatic carbocycles. The van der Waals surface area contributed by atoms with Gasteiger partial charge in [0.15, 0.2) is 0 Å². The number of hydrogen-bond acceptors (Lipinski definition) is 3. The van der Waals surface area contributed by atoms with Crippen LogP contribution in [-0.4, -0.2) is 44.5 Å². The van der Waals surface area contributed by atoms with Crippen molar-refractivity contribution >= 4 is 15.9 Å². The second kappa shape index (κ2) is 7.04. The van der Waals surface area contributed by atoms with Crippen molar-refractivity contribution in [2.75, 3.05) is 25.9 Å². The molecule has 0 radical (unpaired) electrons. The third-order valence-electron chi connectivity index (χ3n) is 3.57. The summed E-state index contributed by atoms with van der Waals surface area (Å²) in [5.74, 6) is 0.201. The van der Waals surface area contributed by atoms with Crippen LogP contribution in [0.5, 0.6) is 0 Å². The number of sulfonamides is 1. The SMILES string of the molecule is CS(=O)(=O)N(CCNC(=O)C1CC1)CCc1ccccc1. The molecule has 1 fully saturated rings. The lowest BCUT2D eigenvalue weighted by Gasteiger charge is -2.20. The molecule has 1 N–H and O–H groups in total. The summed E-state index contributed by atoms with van der Waals surface area (Å²) in [4.78, 5) is 11.5. The first-order chi connectivity index (χ1) is 9.97. The maximum atomic E-state index is 11.8. The lowest BCUT2D eigenvalue weighted by Crippen LogP contribution is -2.39. The minimum Gasteiger partial charge on any atom is -0.355 e. The van der Waals surface area contributed by atoms with Crippen LogP contribution in [-0.2, 0) is 21.2 Å². The lowest BCUT2D eigenvalue weighted by atomic mass is 10.1. The highest BCUT2D eigenvalue weighted by molar-refractivity contribution is 7.88. The molecule has 1 amide bonds. The van der Waals surface area contributed by atoms with Gasteiger partial charge in [-0.3, -0.25) is 4.79 Å². The van der Waals surface area contributed by atoms with Crippen LogP contribution in [0.4, 0.5) is 0 Å². The second-order valence-corrected chi connectivity index (χ2v) is 7.45. The van der Waals surface area contributed by atoms with Gasteiger partial charge < -0.3 is 5.32 Å². The molecule has 116 valence electrons. The van der Waals surface area contributed by atoms with Gasteiger partial charge in [-0.25, -0.2) is 12.7 Å². The van der Waals surface area contributed by atoms with Gasteiger partial charge in [-0.2, -0.15) is 0 Å². The molecule has 0 spiro atoms. The zero-order valence-electron chi connectivity index (χ0n) is 12.3. The Labute approximate surface area is 126 Å². The van der Waals surface area contributed by atoms with Crippen molar-refractivity contribution in [3.63, 3.8) is 0 Å². The Hall–Kier alpha value is -1.40. The van der Waals surface area contributed by atoms with Gasteiger partial charge in [-0.05, 0) is 24.8 Å². The van der Waals surface area contributed by atoms with Gasteiger partial charge >= 0.3 is 0 Å². The van der Waals surface area contributed by atoms with E-state index in [1.165, 1.54) is 10.6 Å². The molecule has 5 nitrogen and oxygen atoms in total. The van der Waals surface area contributed by atoms with Crippen molar-refractivity contribution in [2.45, 2.75) is 19.3 Å². The monoisotopic (exact) mass is 310 g/mol. The van der Waals surface area contributed by atoms with Crippen molar-refractivity contribution in [3.05, 3.63) is 35.9 Å². The maximum absolute atomic E-state index is 11.8. The van der Waals surface area contributed by atoms with Gasteiger partial charge in [-0.1, -0.05) is 30.3 Å². The number of nitrogens with one attached hydrogen (secondary N) is 1. The van der Waals surface area contributed by atoms with Crippen molar-refractivity contribution in [1.29, 1.82) is 0 Å². The number of rotatable bonds is 8. The molecular formula is C15H22N2O3S. The van der Waals surface area contributed by atoms with E-state index in [1.807, 2.05) is 30.3 Å². The summed E-state index contributed by atoms with van der Waals surface area (Å²) in [7, 11) is -3.26. The topological polar surface area (TPSA) is 66.5 Å². The molecule has 0 bridgehead atoms. The van der Waals surface area contributed by atoms with Crippen LogP contribution in [0, 0.1) is 5.92 Å². The molecule has 1 aromatic rings. The molecule has 0 atom stereocenters. The molecule has 6 heteroatoms. The average molecular weight is 310 g/mol. The molecule has 0 saturated heterocycles. The van der Waals surface area contributed by atoms with E-state index in [-0.39, 0.29) is 11.8 Å². The standard InChI is InChI=1S/C15H22N2O3S/c1-21(19,20)17(11-9-13-5-3-2-4-6-13)12-10-16-15(18)14-7-8-14/h2-6,14H,7-12H2,1H3,(H,16,18). The Bertz CT molecular complexity index is 568. The van der Waals surface area contributed by atoms with Crippen molar-refractivity contribution in [3.8, 4) is 0 Å². The van der Waals surface area contributed by atoms with E-state index in [0.717, 1.165) is 18.4 Å². The Morgan fingerprint density at radius 3 is 2.48 bits per heavy atom. The minimum atomic E-state index is -3.26. The summed E-state index contributed by atoms with van der Waals surface area (Å²) >= 11 is 0. The second-order valence-electron chi connectivity index (χ2n) is 5.46. The van der Waals surface area contributed by atoms with Crippen LogP contribution in [0.2, 0.25) is 0 Å². The Morgan fingerprint density at radius 1 is 1.24 bits per heavy atom. The van der Waals surface area contributed by atoms with Crippen molar-refractivity contribution in [2.24, 2.45) is 5.92 Å². The molecule has 21 heavy (non-hydrogen) atoms. The van der Waals surface area contributed by atoms with E-state index < -0.39 is 10.0 Å². The van der Waals surface area contributed by atoms with Gasteiger partial charge in [0.25, 0.3) is 0 Å². The number of nitrogens with zero attached hydrogens (tertiary/aromatic N) is 1. The molecule has 1 aromatic carbocycles. The number of carbonyl (C=O) groups excluding carboxylic acids is 1. The smallest absolute Gasteiger partial charge is 0.223 e. The molecule has 0 unspecified atom stereocenters. The van der Waals surface area contributed by atoms with Crippen LogP contribution in [0.25, 0.3) is 0 Å². The van der Waals surface area contributed by atoms with Crippen LogP contribution < -0.4 is 5.32 Å². The molecule has 0 heterocycles. The number of benzene rings is 1. The third-order valence-corrected chi connectivity index (χ3v) is 4.87. The van der Waals surface area contributed by atoms with E-state index in [9.17, 15) is 13.2 Å². The van der Waals surface area contributed by atoms with Gasteiger partial charge in [-0.15, -0.1) is 0 Å². The molecular weight excluding hydrogens is 288 g/mol. The molecule has 0 aromatic heterocycles. The van der Waals surface area contributed by atoms with Gasteiger partial charge in [0.2, 0.25) is 15.9 Å². The zero-order valence-corrected chi connectivity index (χ0v) is 13.1. The fourth-order valence-corrected chi connectivity index (χ4v) is 2.98. The highest BCUT2D eigenvalue weighted by Gasteiger charge is 2.29. The Balaban J connectivity index is 1.81. The van der Waals surface area contributed by atoms with E-state index in [1.54, 1.807) is 0 Å². The van der Waals surface area contributed by atoms with Crippen molar-refractivity contribution in [1.82, 2.24) is 9.62 Å². The maximum Gasteiger partial charge on any atom is 0.223 e. The predicted octanol–water partition coefficient (Wildman–Crippen LogP) is 1.02. The fourth-order valence-electron chi connectivity index (χ4n) is 2.14. The van der Waals surface area contributed by atoms with E-state index in [0.29, 0.717) is 26.1 Å². The normalized spacial score (nSPS) is 15.1. The number of hydrogen-bond donors (Lipinski definition) is 1. The predicted molar refractivity (Wildman–Crippen MR) is 82.3 cm³/mol. The molecule has 0 aliphatic heterocycles. The first-order valence-electron chi connectivity index (χ1n) is 7.23. The van der Waals surface area contributed by atoms with Crippen LogP contribution in [0.1, 0.15) is 18.4 Å². The zero-order chi connectivity index (χ0) is 15.3. The van der Waals surface area contributed by atoms with E-state index in [4.69, 9.17) is 0 Å². The summed E-state index contributed by atoms with van der Waals surface area (Å²) in [5.41, 5.74) is 1.10. The van der Waals surface area contributed by atoms with Gasteiger partial charge in [0.1, 0.15) is 0 Å². The highest BCUT2D eigenvalue weighted by atomic mass is 32.2. The van der Waals surface area contributed by atoms with Crippen molar-refractivity contribution < 1.29 is 13.2 Å². The van der Waals surface area contributed by atoms with Crippen LogP contribution in [0.3, 0.4) is 0 Å².